The molecule has 5 nitrogen and oxygen atoms in total. The number of halogens is 1. The quantitative estimate of drug-likeness (QED) is 0.861. The Kier molecular flexibility index (Phi) is 4.55. The molecular weight excluding hydrogens is 302 g/mol. The minimum absolute atomic E-state index is 0.0281. The minimum atomic E-state index is -1.14. The number of hydrogen-bond donors (Lipinski definition) is 1. The molecule has 1 saturated heterocycles. The minimum Gasteiger partial charge on any atom is -0.496 e. The van der Waals surface area contributed by atoms with E-state index in [2.05, 4.69) is 0 Å². The van der Waals surface area contributed by atoms with Crippen molar-refractivity contribution in [3.05, 3.63) is 35.3 Å². The largest absolute Gasteiger partial charge is 0.496 e. The standard InChI is InChI=1S/C16H20BFO5/c1-15(2)16(3,4)23-17(22-15)9-12(18)10-6-7-11(14(19)20)13(8-10)21-5/h6-9H,1-5H3,(H,19,20)/b12-9-. The summed E-state index contributed by atoms with van der Waals surface area (Å²) >= 11 is 0. The molecule has 0 bridgehead atoms. The number of carboxylic acid groups (broad SMARTS) is 1. The van der Waals surface area contributed by atoms with Crippen LogP contribution in [0, 0.1) is 0 Å². The topological polar surface area (TPSA) is 65.0 Å². The third-order valence-electron chi connectivity index (χ3n) is 4.26. The molecule has 2 rings (SSSR count). The normalized spacial score (nSPS) is 19.7. The van der Waals surface area contributed by atoms with E-state index in [1.54, 1.807) is 0 Å². The highest BCUT2D eigenvalue weighted by Crippen LogP contribution is 2.38. The third-order valence-corrected chi connectivity index (χ3v) is 4.26. The van der Waals surface area contributed by atoms with Gasteiger partial charge in [0.1, 0.15) is 17.1 Å². The number of rotatable bonds is 4. The van der Waals surface area contributed by atoms with Crippen molar-refractivity contribution in [3.63, 3.8) is 0 Å². The molecule has 0 aliphatic carbocycles. The molecule has 1 N–H and O–H groups in total. The van der Waals surface area contributed by atoms with Crippen LogP contribution in [-0.4, -0.2) is 36.5 Å². The summed E-state index contributed by atoms with van der Waals surface area (Å²) in [5, 5.41) is 9.04. The average molecular weight is 322 g/mol. The van der Waals surface area contributed by atoms with E-state index in [0.29, 0.717) is 0 Å². The lowest BCUT2D eigenvalue weighted by molar-refractivity contribution is 0.00578. The first kappa shape index (κ1) is 17.5. The van der Waals surface area contributed by atoms with E-state index in [1.165, 1.54) is 31.3 Å². The summed E-state index contributed by atoms with van der Waals surface area (Å²) in [6.07, 6.45) is 0. The maximum Gasteiger partial charge on any atom is 0.490 e. The molecule has 0 amide bonds. The van der Waals surface area contributed by atoms with Crippen LogP contribution in [0.4, 0.5) is 4.39 Å². The van der Waals surface area contributed by atoms with Crippen LogP contribution in [0.15, 0.2) is 24.2 Å². The van der Waals surface area contributed by atoms with Crippen molar-refractivity contribution in [1.82, 2.24) is 0 Å². The Morgan fingerprint density at radius 3 is 2.30 bits per heavy atom. The summed E-state index contributed by atoms with van der Waals surface area (Å²) in [5.41, 5.74) is -0.945. The molecule has 1 fully saturated rings. The predicted octanol–water partition coefficient (Wildman–Crippen LogP) is 3.34. The zero-order valence-electron chi connectivity index (χ0n) is 13.8. The van der Waals surface area contributed by atoms with Crippen molar-refractivity contribution >= 4 is 18.9 Å². The Balaban J connectivity index is 2.27. The van der Waals surface area contributed by atoms with Crippen LogP contribution in [0.5, 0.6) is 5.75 Å². The summed E-state index contributed by atoms with van der Waals surface area (Å²) in [5.74, 6) is -0.388. The fourth-order valence-corrected chi connectivity index (χ4v) is 2.19. The molecule has 1 aromatic carbocycles. The fraction of sp³-hybridized carbons (Fsp3) is 0.438. The van der Waals surface area contributed by atoms with Crippen LogP contribution in [0.25, 0.3) is 5.83 Å². The van der Waals surface area contributed by atoms with E-state index in [9.17, 15) is 9.18 Å². The molecule has 0 spiro atoms. The van der Waals surface area contributed by atoms with Gasteiger partial charge in [0.05, 0.1) is 18.3 Å². The number of carbonyl (C=O) groups is 1. The van der Waals surface area contributed by atoms with Gasteiger partial charge in [-0.15, -0.1) is 0 Å². The van der Waals surface area contributed by atoms with E-state index in [4.69, 9.17) is 19.2 Å². The monoisotopic (exact) mass is 322 g/mol. The van der Waals surface area contributed by atoms with E-state index in [-0.39, 0.29) is 16.9 Å². The number of carboxylic acids is 1. The molecule has 1 aliphatic rings. The van der Waals surface area contributed by atoms with E-state index in [0.717, 1.165) is 0 Å². The summed E-state index contributed by atoms with van der Waals surface area (Å²) in [7, 11) is 0.520. The van der Waals surface area contributed by atoms with Crippen LogP contribution < -0.4 is 4.74 Å². The van der Waals surface area contributed by atoms with Gasteiger partial charge in [-0.1, -0.05) is 6.07 Å². The predicted molar refractivity (Wildman–Crippen MR) is 85.1 cm³/mol. The van der Waals surface area contributed by atoms with Crippen molar-refractivity contribution in [2.24, 2.45) is 0 Å². The molecule has 1 heterocycles. The van der Waals surface area contributed by atoms with Gasteiger partial charge in [-0.25, -0.2) is 9.18 Å². The lowest BCUT2D eigenvalue weighted by Gasteiger charge is -2.32. The number of ether oxygens (including phenoxy) is 1. The Morgan fingerprint density at radius 2 is 1.83 bits per heavy atom. The highest BCUT2D eigenvalue weighted by atomic mass is 19.1. The van der Waals surface area contributed by atoms with Gasteiger partial charge in [-0.05, 0) is 45.8 Å². The zero-order valence-corrected chi connectivity index (χ0v) is 13.8. The molecule has 0 saturated carbocycles. The van der Waals surface area contributed by atoms with Gasteiger partial charge in [0.25, 0.3) is 0 Å². The molecule has 23 heavy (non-hydrogen) atoms. The first-order chi connectivity index (χ1) is 10.6. The SMILES string of the molecule is COc1cc(/C(F)=C/B2OC(C)(C)C(C)(C)O2)ccc1C(=O)O. The highest BCUT2D eigenvalue weighted by molar-refractivity contribution is 6.53. The average Bonchev–Trinajstić information content (AvgIpc) is 2.65. The Labute approximate surface area is 135 Å². The molecule has 1 aromatic rings. The van der Waals surface area contributed by atoms with Gasteiger partial charge >= 0.3 is 13.1 Å². The molecule has 0 atom stereocenters. The van der Waals surface area contributed by atoms with Crippen molar-refractivity contribution in [1.29, 1.82) is 0 Å². The molecular formula is C16H20BFO5. The van der Waals surface area contributed by atoms with Crippen molar-refractivity contribution in [3.8, 4) is 5.75 Å². The van der Waals surface area contributed by atoms with Crippen molar-refractivity contribution < 1.29 is 28.3 Å². The second kappa shape index (κ2) is 5.98. The summed E-state index contributed by atoms with van der Waals surface area (Å²) in [6, 6.07) is 4.01. The second-order valence-corrected chi connectivity index (χ2v) is 6.36. The smallest absolute Gasteiger partial charge is 0.490 e. The lowest BCUT2D eigenvalue weighted by Crippen LogP contribution is -2.41. The third kappa shape index (κ3) is 3.40. The van der Waals surface area contributed by atoms with E-state index in [1.807, 2.05) is 27.7 Å². The fourth-order valence-electron chi connectivity index (χ4n) is 2.19. The summed E-state index contributed by atoms with van der Waals surface area (Å²) in [4.78, 5) is 11.1. The van der Waals surface area contributed by atoms with Crippen LogP contribution in [0.3, 0.4) is 0 Å². The van der Waals surface area contributed by atoms with Gasteiger partial charge in [0, 0.05) is 5.56 Å². The Morgan fingerprint density at radius 1 is 1.26 bits per heavy atom. The maximum absolute atomic E-state index is 14.4. The zero-order chi connectivity index (χ0) is 17.4. The molecule has 1 aliphatic heterocycles. The molecule has 0 radical (unpaired) electrons. The van der Waals surface area contributed by atoms with Crippen molar-refractivity contribution in [2.75, 3.05) is 7.11 Å². The van der Waals surface area contributed by atoms with Gasteiger partial charge < -0.3 is 19.2 Å². The van der Waals surface area contributed by atoms with Crippen LogP contribution in [-0.2, 0) is 9.31 Å². The van der Waals surface area contributed by atoms with Gasteiger partial charge in [0.2, 0.25) is 0 Å². The van der Waals surface area contributed by atoms with E-state index >= 15 is 0 Å². The molecule has 7 heteroatoms. The first-order valence-corrected chi connectivity index (χ1v) is 7.22. The van der Waals surface area contributed by atoms with Crippen molar-refractivity contribution in [2.45, 2.75) is 38.9 Å². The maximum atomic E-state index is 14.4. The number of hydrogen-bond acceptors (Lipinski definition) is 4. The Hall–Kier alpha value is -1.86. The number of aromatic carboxylic acids is 1. The second-order valence-electron chi connectivity index (χ2n) is 6.36. The summed E-state index contributed by atoms with van der Waals surface area (Å²) < 4.78 is 30.9. The van der Waals surface area contributed by atoms with Crippen LogP contribution in [0.1, 0.15) is 43.6 Å². The van der Waals surface area contributed by atoms with Crippen LogP contribution in [0.2, 0.25) is 0 Å². The summed E-state index contributed by atoms with van der Waals surface area (Å²) in [6.45, 7) is 7.51. The number of methoxy groups -OCH3 is 1. The van der Waals surface area contributed by atoms with Gasteiger partial charge in [0.15, 0.2) is 0 Å². The first-order valence-electron chi connectivity index (χ1n) is 7.22. The van der Waals surface area contributed by atoms with Gasteiger partial charge in [-0.3, -0.25) is 0 Å². The van der Waals surface area contributed by atoms with Gasteiger partial charge in [-0.2, -0.15) is 0 Å². The van der Waals surface area contributed by atoms with E-state index < -0.39 is 30.1 Å². The molecule has 0 aromatic heterocycles. The lowest BCUT2D eigenvalue weighted by atomic mass is 9.88. The molecule has 124 valence electrons. The number of benzene rings is 1. The van der Waals surface area contributed by atoms with Crippen LogP contribution >= 0.6 is 0 Å². The Bertz CT molecular complexity index is 638. The highest BCUT2D eigenvalue weighted by Gasteiger charge is 2.50. The molecule has 0 unspecified atom stereocenters.